The Morgan fingerprint density at radius 3 is 3.08 bits per heavy atom. The predicted molar refractivity (Wildman–Crippen MR) is 55.2 cm³/mol. The first-order valence-electron chi connectivity index (χ1n) is 3.64. The summed E-state index contributed by atoms with van der Waals surface area (Å²) in [5.74, 6) is -0.0682. The van der Waals surface area contributed by atoms with E-state index in [9.17, 15) is 4.79 Å². The van der Waals surface area contributed by atoms with Crippen LogP contribution in [0.3, 0.4) is 0 Å². The van der Waals surface area contributed by atoms with Gasteiger partial charge in [0, 0.05) is 10.7 Å². The quantitative estimate of drug-likeness (QED) is 0.669. The standard InChI is InChI=1S/C8H8BrClN2O/c1-11-4-7(13)6-2-5(9)3-12-8(6)10/h2-3,11H,4H2,1H3. The molecule has 0 fully saturated rings. The van der Waals surface area contributed by atoms with Crippen molar-refractivity contribution in [1.82, 2.24) is 10.3 Å². The second-order valence-corrected chi connectivity index (χ2v) is 3.72. The van der Waals surface area contributed by atoms with Crippen LogP contribution in [0.1, 0.15) is 10.4 Å². The second-order valence-electron chi connectivity index (χ2n) is 2.45. The van der Waals surface area contributed by atoms with Crippen molar-refractivity contribution in [2.24, 2.45) is 0 Å². The Labute approximate surface area is 89.6 Å². The molecule has 13 heavy (non-hydrogen) atoms. The molecule has 1 aromatic heterocycles. The molecule has 0 aliphatic rings. The van der Waals surface area contributed by atoms with E-state index in [1.165, 1.54) is 0 Å². The molecule has 1 heterocycles. The first-order chi connectivity index (χ1) is 6.15. The van der Waals surface area contributed by atoms with E-state index in [1.807, 2.05) is 0 Å². The molecule has 0 radical (unpaired) electrons. The number of aromatic nitrogens is 1. The lowest BCUT2D eigenvalue weighted by Gasteiger charge is -2.02. The van der Waals surface area contributed by atoms with Crippen molar-refractivity contribution in [3.63, 3.8) is 0 Å². The van der Waals surface area contributed by atoms with Crippen LogP contribution in [0.25, 0.3) is 0 Å². The maximum atomic E-state index is 11.4. The first-order valence-corrected chi connectivity index (χ1v) is 4.81. The van der Waals surface area contributed by atoms with Crippen LogP contribution in [0.4, 0.5) is 0 Å². The average molecular weight is 264 g/mol. The fourth-order valence-electron chi connectivity index (χ4n) is 0.874. The summed E-state index contributed by atoms with van der Waals surface area (Å²) < 4.78 is 0.747. The van der Waals surface area contributed by atoms with Gasteiger partial charge in [0.1, 0.15) is 5.15 Å². The number of rotatable bonds is 3. The summed E-state index contributed by atoms with van der Waals surface area (Å²) >= 11 is 8.97. The van der Waals surface area contributed by atoms with Gasteiger partial charge < -0.3 is 5.32 Å². The molecular weight excluding hydrogens is 255 g/mol. The smallest absolute Gasteiger partial charge is 0.179 e. The van der Waals surface area contributed by atoms with Gasteiger partial charge in [-0.15, -0.1) is 0 Å². The molecule has 0 bridgehead atoms. The fraction of sp³-hybridized carbons (Fsp3) is 0.250. The molecule has 1 aromatic rings. The number of nitrogens with zero attached hydrogens (tertiary/aromatic N) is 1. The normalized spacial score (nSPS) is 10.1. The van der Waals surface area contributed by atoms with Gasteiger partial charge in [-0.3, -0.25) is 4.79 Å². The molecule has 0 aliphatic heterocycles. The minimum absolute atomic E-state index is 0.0682. The lowest BCUT2D eigenvalue weighted by atomic mass is 10.2. The molecule has 0 spiro atoms. The maximum absolute atomic E-state index is 11.4. The van der Waals surface area contributed by atoms with E-state index in [1.54, 1.807) is 19.3 Å². The molecule has 0 saturated carbocycles. The van der Waals surface area contributed by atoms with Crippen LogP contribution < -0.4 is 5.32 Å². The molecule has 3 nitrogen and oxygen atoms in total. The van der Waals surface area contributed by atoms with E-state index in [0.29, 0.717) is 5.56 Å². The van der Waals surface area contributed by atoms with E-state index < -0.39 is 0 Å². The molecular formula is C8H8BrClN2O. The largest absolute Gasteiger partial charge is 0.313 e. The fourth-order valence-corrected chi connectivity index (χ4v) is 1.41. The molecule has 1 N–H and O–H groups in total. The van der Waals surface area contributed by atoms with E-state index in [4.69, 9.17) is 11.6 Å². The Bertz CT molecular complexity index is 330. The van der Waals surface area contributed by atoms with Crippen LogP contribution in [0.2, 0.25) is 5.15 Å². The number of ketones is 1. The summed E-state index contributed by atoms with van der Waals surface area (Å²) in [7, 11) is 1.71. The van der Waals surface area contributed by atoms with E-state index in [0.717, 1.165) is 4.47 Å². The number of likely N-dealkylation sites (N-methyl/N-ethyl adjacent to an activating group) is 1. The molecule has 5 heteroatoms. The summed E-state index contributed by atoms with van der Waals surface area (Å²) in [6, 6.07) is 1.66. The number of hydrogen-bond donors (Lipinski definition) is 1. The van der Waals surface area contributed by atoms with Crippen molar-refractivity contribution in [1.29, 1.82) is 0 Å². The lowest BCUT2D eigenvalue weighted by Crippen LogP contribution is -2.19. The Morgan fingerprint density at radius 2 is 2.46 bits per heavy atom. The Morgan fingerprint density at radius 1 is 1.77 bits per heavy atom. The third kappa shape index (κ3) is 2.76. The summed E-state index contributed by atoms with van der Waals surface area (Å²) in [5.41, 5.74) is 0.436. The number of Topliss-reactive ketones (excluding diaryl/α,β-unsaturated/α-hetero) is 1. The van der Waals surface area contributed by atoms with E-state index >= 15 is 0 Å². The number of pyridine rings is 1. The topological polar surface area (TPSA) is 42.0 Å². The van der Waals surface area contributed by atoms with Crippen LogP contribution in [-0.4, -0.2) is 24.4 Å². The first kappa shape index (κ1) is 10.6. The molecule has 0 aliphatic carbocycles. The SMILES string of the molecule is CNCC(=O)c1cc(Br)cnc1Cl. The Kier molecular flexibility index (Phi) is 3.84. The van der Waals surface area contributed by atoms with Crippen LogP contribution in [0.15, 0.2) is 16.7 Å². The second kappa shape index (κ2) is 4.69. The van der Waals surface area contributed by atoms with Crippen LogP contribution >= 0.6 is 27.5 Å². The highest BCUT2D eigenvalue weighted by molar-refractivity contribution is 9.10. The van der Waals surface area contributed by atoms with Gasteiger partial charge in [0.2, 0.25) is 0 Å². The third-order valence-corrected chi connectivity index (χ3v) is 2.18. The number of nitrogens with one attached hydrogen (secondary N) is 1. The lowest BCUT2D eigenvalue weighted by molar-refractivity contribution is 0.0993. The minimum atomic E-state index is -0.0682. The molecule has 70 valence electrons. The van der Waals surface area contributed by atoms with Crippen molar-refractivity contribution in [3.8, 4) is 0 Å². The number of halogens is 2. The Balaban J connectivity index is 2.99. The van der Waals surface area contributed by atoms with Gasteiger partial charge in [0.25, 0.3) is 0 Å². The number of carbonyl (C=O) groups is 1. The Hall–Kier alpha value is -0.450. The minimum Gasteiger partial charge on any atom is -0.313 e. The van der Waals surface area contributed by atoms with Gasteiger partial charge in [-0.2, -0.15) is 0 Å². The summed E-state index contributed by atoms with van der Waals surface area (Å²) in [4.78, 5) is 15.3. The van der Waals surface area contributed by atoms with Gasteiger partial charge in [0.15, 0.2) is 5.78 Å². The average Bonchev–Trinajstić information content (AvgIpc) is 2.09. The number of hydrogen-bond acceptors (Lipinski definition) is 3. The van der Waals surface area contributed by atoms with Crippen molar-refractivity contribution in [3.05, 3.63) is 27.5 Å². The molecule has 1 rings (SSSR count). The molecule has 0 aromatic carbocycles. The molecule has 0 unspecified atom stereocenters. The summed E-state index contributed by atoms with van der Waals surface area (Å²) in [6.07, 6.45) is 1.55. The zero-order chi connectivity index (χ0) is 9.84. The number of carbonyl (C=O) groups excluding carboxylic acids is 1. The third-order valence-electron chi connectivity index (χ3n) is 1.44. The zero-order valence-electron chi connectivity index (χ0n) is 6.97. The molecule has 0 amide bonds. The van der Waals surface area contributed by atoms with Gasteiger partial charge in [-0.05, 0) is 29.0 Å². The van der Waals surface area contributed by atoms with Gasteiger partial charge in [0.05, 0.1) is 12.1 Å². The van der Waals surface area contributed by atoms with Crippen molar-refractivity contribution >= 4 is 33.3 Å². The summed E-state index contributed by atoms with van der Waals surface area (Å²) in [6.45, 7) is 0.262. The highest BCUT2D eigenvalue weighted by Gasteiger charge is 2.10. The van der Waals surface area contributed by atoms with Gasteiger partial charge in [-0.1, -0.05) is 11.6 Å². The highest BCUT2D eigenvalue weighted by Crippen LogP contribution is 2.18. The molecule has 0 saturated heterocycles. The van der Waals surface area contributed by atoms with Gasteiger partial charge in [-0.25, -0.2) is 4.98 Å². The van der Waals surface area contributed by atoms with Crippen LogP contribution in [0.5, 0.6) is 0 Å². The van der Waals surface area contributed by atoms with Crippen molar-refractivity contribution in [2.45, 2.75) is 0 Å². The van der Waals surface area contributed by atoms with Crippen molar-refractivity contribution in [2.75, 3.05) is 13.6 Å². The van der Waals surface area contributed by atoms with Crippen LogP contribution in [-0.2, 0) is 0 Å². The molecule has 0 atom stereocenters. The zero-order valence-corrected chi connectivity index (χ0v) is 9.32. The maximum Gasteiger partial charge on any atom is 0.179 e. The van der Waals surface area contributed by atoms with Crippen molar-refractivity contribution < 1.29 is 4.79 Å². The monoisotopic (exact) mass is 262 g/mol. The van der Waals surface area contributed by atoms with E-state index in [2.05, 4.69) is 26.2 Å². The van der Waals surface area contributed by atoms with Gasteiger partial charge >= 0.3 is 0 Å². The van der Waals surface area contributed by atoms with Crippen LogP contribution in [0, 0.1) is 0 Å². The van der Waals surface area contributed by atoms with E-state index in [-0.39, 0.29) is 17.5 Å². The highest BCUT2D eigenvalue weighted by atomic mass is 79.9. The summed E-state index contributed by atoms with van der Waals surface area (Å²) in [5, 5.41) is 3.00. The predicted octanol–water partition coefficient (Wildman–Crippen LogP) is 1.90.